The molecule has 122 valence electrons. The maximum absolute atomic E-state index is 11.9. The summed E-state index contributed by atoms with van der Waals surface area (Å²) in [6.45, 7) is 4.53. The smallest absolute Gasteiger partial charge is 0.268 e. The molecule has 2 aromatic rings. The number of benzene rings is 1. The van der Waals surface area contributed by atoms with Gasteiger partial charge in [0.1, 0.15) is 29.1 Å². The number of hydrogen-bond donors (Lipinski definition) is 2. The standard InChI is InChI=1S/C18H18N4O2/c1-3-11(2)24-10-12-4-6-13(7-5-12)16-14(8-19)17(21)22-18(23)15(16)9-20/h4-7,11H,3,10H2,1-2H3,(H3,21,22,23). The zero-order valence-corrected chi connectivity index (χ0v) is 13.6. The molecule has 2 rings (SSSR count). The van der Waals surface area contributed by atoms with Crippen LogP contribution in [0.15, 0.2) is 29.1 Å². The molecule has 0 amide bonds. The summed E-state index contributed by atoms with van der Waals surface area (Å²) in [6.07, 6.45) is 1.11. The summed E-state index contributed by atoms with van der Waals surface area (Å²) in [5.41, 5.74) is 6.90. The lowest BCUT2D eigenvalue weighted by Gasteiger charge is -2.12. The van der Waals surface area contributed by atoms with Crippen LogP contribution in [-0.2, 0) is 11.3 Å². The molecule has 0 aliphatic rings. The van der Waals surface area contributed by atoms with E-state index in [4.69, 9.17) is 10.5 Å². The Morgan fingerprint density at radius 3 is 2.38 bits per heavy atom. The third-order valence-electron chi connectivity index (χ3n) is 3.82. The van der Waals surface area contributed by atoms with E-state index >= 15 is 0 Å². The number of rotatable bonds is 5. The summed E-state index contributed by atoms with van der Waals surface area (Å²) in [7, 11) is 0. The van der Waals surface area contributed by atoms with Crippen molar-refractivity contribution in [3.05, 3.63) is 51.3 Å². The van der Waals surface area contributed by atoms with Crippen LogP contribution in [-0.4, -0.2) is 11.1 Å². The molecular weight excluding hydrogens is 304 g/mol. The van der Waals surface area contributed by atoms with E-state index in [0.29, 0.717) is 12.2 Å². The molecule has 6 nitrogen and oxygen atoms in total. The number of ether oxygens (including phenoxy) is 1. The van der Waals surface area contributed by atoms with E-state index in [1.165, 1.54) is 0 Å². The van der Waals surface area contributed by atoms with Gasteiger partial charge in [-0.2, -0.15) is 10.5 Å². The Morgan fingerprint density at radius 1 is 1.21 bits per heavy atom. The quantitative estimate of drug-likeness (QED) is 0.878. The summed E-state index contributed by atoms with van der Waals surface area (Å²) < 4.78 is 5.67. The van der Waals surface area contributed by atoms with E-state index in [0.717, 1.165) is 12.0 Å². The van der Waals surface area contributed by atoms with E-state index in [9.17, 15) is 15.3 Å². The first-order valence-corrected chi connectivity index (χ1v) is 7.58. The Balaban J connectivity index is 2.45. The predicted octanol–water partition coefficient (Wildman–Crippen LogP) is 2.68. The number of nitrogens with one attached hydrogen (secondary N) is 1. The fourth-order valence-electron chi connectivity index (χ4n) is 2.26. The largest absolute Gasteiger partial charge is 0.384 e. The monoisotopic (exact) mass is 322 g/mol. The number of nitriles is 2. The predicted molar refractivity (Wildman–Crippen MR) is 90.9 cm³/mol. The van der Waals surface area contributed by atoms with Crippen LogP contribution in [0.25, 0.3) is 11.1 Å². The number of H-pyrrole nitrogens is 1. The van der Waals surface area contributed by atoms with Gasteiger partial charge in [0, 0.05) is 5.56 Å². The minimum atomic E-state index is -0.604. The number of anilines is 1. The molecule has 0 fully saturated rings. The highest BCUT2D eigenvalue weighted by Gasteiger charge is 2.17. The Bertz CT molecular complexity index is 870. The average molecular weight is 322 g/mol. The van der Waals surface area contributed by atoms with E-state index in [2.05, 4.69) is 11.9 Å². The zero-order chi connectivity index (χ0) is 17.7. The van der Waals surface area contributed by atoms with Gasteiger partial charge in [-0.1, -0.05) is 31.2 Å². The van der Waals surface area contributed by atoms with Crippen LogP contribution in [0.1, 0.15) is 37.0 Å². The van der Waals surface area contributed by atoms with Gasteiger partial charge in [0.25, 0.3) is 5.56 Å². The molecule has 1 aromatic heterocycles. The number of nitrogen functional groups attached to an aromatic ring is 1. The number of nitrogens with zero attached hydrogens (tertiary/aromatic N) is 2. The van der Waals surface area contributed by atoms with Crippen molar-refractivity contribution in [2.24, 2.45) is 0 Å². The van der Waals surface area contributed by atoms with Crippen LogP contribution >= 0.6 is 0 Å². The van der Waals surface area contributed by atoms with E-state index in [1.54, 1.807) is 12.1 Å². The Kier molecular flexibility index (Phi) is 5.36. The summed E-state index contributed by atoms with van der Waals surface area (Å²) >= 11 is 0. The summed E-state index contributed by atoms with van der Waals surface area (Å²) in [4.78, 5) is 14.3. The number of nitrogens with two attached hydrogens (primary N) is 1. The molecule has 1 atom stereocenters. The molecule has 1 unspecified atom stereocenters. The average Bonchev–Trinajstić information content (AvgIpc) is 2.59. The van der Waals surface area contributed by atoms with E-state index < -0.39 is 5.56 Å². The molecule has 3 N–H and O–H groups in total. The summed E-state index contributed by atoms with van der Waals surface area (Å²) in [5, 5.41) is 18.6. The van der Waals surface area contributed by atoms with Crippen LogP contribution in [0.2, 0.25) is 0 Å². The zero-order valence-electron chi connectivity index (χ0n) is 13.6. The van der Waals surface area contributed by atoms with Gasteiger partial charge < -0.3 is 15.5 Å². The lowest BCUT2D eigenvalue weighted by atomic mass is 9.96. The first-order valence-electron chi connectivity index (χ1n) is 7.58. The van der Waals surface area contributed by atoms with Crippen molar-refractivity contribution >= 4 is 5.82 Å². The third kappa shape index (κ3) is 3.45. The molecule has 0 radical (unpaired) electrons. The van der Waals surface area contributed by atoms with Gasteiger partial charge in [-0.15, -0.1) is 0 Å². The summed E-state index contributed by atoms with van der Waals surface area (Å²) in [5.74, 6) is -0.0410. The molecule has 0 saturated carbocycles. The van der Waals surface area contributed by atoms with Gasteiger partial charge >= 0.3 is 0 Å². The molecule has 6 heteroatoms. The van der Waals surface area contributed by atoms with Crippen LogP contribution < -0.4 is 11.3 Å². The highest BCUT2D eigenvalue weighted by atomic mass is 16.5. The minimum absolute atomic E-state index is 0.0410. The van der Waals surface area contributed by atoms with Gasteiger partial charge in [0.2, 0.25) is 0 Å². The summed E-state index contributed by atoms with van der Waals surface area (Å²) in [6, 6.07) is 11.0. The molecule has 0 aliphatic carbocycles. The highest BCUT2D eigenvalue weighted by Crippen LogP contribution is 2.28. The molecule has 0 spiro atoms. The second kappa shape index (κ2) is 7.45. The van der Waals surface area contributed by atoms with Crippen molar-refractivity contribution in [2.45, 2.75) is 33.0 Å². The molecule has 1 heterocycles. The van der Waals surface area contributed by atoms with Crippen LogP contribution in [0.4, 0.5) is 5.82 Å². The normalized spacial score (nSPS) is 11.5. The van der Waals surface area contributed by atoms with Crippen LogP contribution in [0.3, 0.4) is 0 Å². The number of aromatic nitrogens is 1. The topological polar surface area (TPSA) is 116 Å². The molecule has 0 saturated heterocycles. The van der Waals surface area contributed by atoms with Gasteiger partial charge in [-0.05, 0) is 24.5 Å². The van der Waals surface area contributed by atoms with Crippen molar-refractivity contribution < 1.29 is 4.74 Å². The van der Waals surface area contributed by atoms with Crippen molar-refractivity contribution in [3.8, 4) is 23.3 Å². The van der Waals surface area contributed by atoms with Crippen molar-refractivity contribution in [1.82, 2.24) is 4.98 Å². The van der Waals surface area contributed by atoms with Crippen molar-refractivity contribution in [3.63, 3.8) is 0 Å². The third-order valence-corrected chi connectivity index (χ3v) is 3.82. The van der Waals surface area contributed by atoms with Gasteiger partial charge in [-0.3, -0.25) is 4.79 Å². The van der Waals surface area contributed by atoms with E-state index in [1.807, 2.05) is 31.2 Å². The second-order valence-corrected chi connectivity index (χ2v) is 5.44. The molecule has 0 bridgehead atoms. The van der Waals surface area contributed by atoms with Gasteiger partial charge in [0.15, 0.2) is 0 Å². The fraction of sp³-hybridized carbons (Fsp3) is 0.278. The lowest BCUT2D eigenvalue weighted by molar-refractivity contribution is 0.0508. The lowest BCUT2D eigenvalue weighted by Crippen LogP contribution is -2.16. The van der Waals surface area contributed by atoms with E-state index in [-0.39, 0.29) is 28.6 Å². The van der Waals surface area contributed by atoms with Crippen LogP contribution in [0, 0.1) is 22.7 Å². The SMILES string of the molecule is CCC(C)OCc1ccc(-c2c(C#N)c(N)[nH]c(=O)c2C#N)cc1. The molecular formula is C18H18N4O2. The van der Waals surface area contributed by atoms with Crippen molar-refractivity contribution in [2.75, 3.05) is 5.73 Å². The van der Waals surface area contributed by atoms with Gasteiger partial charge in [0.05, 0.1) is 12.7 Å². The Hall–Kier alpha value is -3.09. The number of aromatic amines is 1. The molecule has 1 aromatic carbocycles. The minimum Gasteiger partial charge on any atom is -0.384 e. The fourth-order valence-corrected chi connectivity index (χ4v) is 2.26. The Morgan fingerprint density at radius 2 is 1.83 bits per heavy atom. The first kappa shape index (κ1) is 17.3. The first-order chi connectivity index (χ1) is 11.5. The number of hydrogen-bond acceptors (Lipinski definition) is 5. The highest BCUT2D eigenvalue weighted by molar-refractivity contribution is 5.80. The number of pyridine rings is 1. The van der Waals surface area contributed by atoms with Gasteiger partial charge in [-0.25, -0.2) is 0 Å². The maximum Gasteiger partial charge on any atom is 0.268 e. The maximum atomic E-state index is 11.9. The molecule has 24 heavy (non-hydrogen) atoms. The molecule has 0 aliphatic heterocycles. The van der Waals surface area contributed by atoms with Crippen molar-refractivity contribution in [1.29, 1.82) is 10.5 Å². The van der Waals surface area contributed by atoms with Crippen LogP contribution in [0.5, 0.6) is 0 Å². The Labute approximate surface area is 140 Å². The second-order valence-electron chi connectivity index (χ2n) is 5.44.